The number of hydrogen-bond donors (Lipinski definition) is 0. The van der Waals surface area contributed by atoms with E-state index in [4.69, 9.17) is 25.8 Å². The van der Waals surface area contributed by atoms with Gasteiger partial charge in [-0.2, -0.15) is 0 Å². The van der Waals surface area contributed by atoms with Crippen molar-refractivity contribution >= 4 is 17.3 Å². The van der Waals surface area contributed by atoms with Crippen LogP contribution in [0.15, 0.2) is 36.4 Å². The molecule has 0 amide bonds. The molecule has 152 valence electrons. The average Bonchev–Trinajstić information content (AvgIpc) is 2.60. The van der Waals surface area contributed by atoms with E-state index in [1.807, 2.05) is 0 Å². The summed E-state index contributed by atoms with van der Waals surface area (Å²) in [4.78, 5) is 10.5. The van der Waals surface area contributed by atoms with Crippen LogP contribution < -0.4 is 14.2 Å². The van der Waals surface area contributed by atoms with Crippen LogP contribution in [0.2, 0.25) is 5.02 Å². The Balaban J connectivity index is 2.18. The number of hydrogen-bond acceptors (Lipinski definition) is 6. The van der Waals surface area contributed by atoms with Crippen molar-refractivity contribution in [2.75, 3.05) is 19.8 Å². The molecule has 2 rings (SSSR count). The molecule has 0 aromatic heterocycles. The van der Waals surface area contributed by atoms with Crippen LogP contribution >= 0.6 is 11.6 Å². The molecule has 0 aliphatic rings. The van der Waals surface area contributed by atoms with E-state index < -0.39 is 17.0 Å². The molecule has 0 N–H and O–H groups in total. The molecule has 0 atom stereocenters. The largest absolute Gasteiger partial charge is 0.573 e. The molecular weight excluding hydrogens is 407 g/mol. The minimum absolute atomic E-state index is 0.0327. The Labute approximate surface area is 162 Å². The molecule has 0 unspecified atom stereocenters. The zero-order chi connectivity index (χ0) is 20.7. The van der Waals surface area contributed by atoms with Crippen LogP contribution in [0.25, 0.3) is 0 Å². The van der Waals surface area contributed by atoms with Gasteiger partial charge in [0.15, 0.2) is 0 Å². The fourth-order valence-corrected chi connectivity index (χ4v) is 2.28. The SMILES string of the molecule is CCOCCOc1cc(Oc2ccc(OC(F)(F)F)cc2Cl)ccc1[N+](=O)[O-]. The number of rotatable bonds is 9. The van der Waals surface area contributed by atoms with Crippen molar-refractivity contribution in [3.8, 4) is 23.0 Å². The van der Waals surface area contributed by atoms with Crippen molar-refractivity contribution in [2.24, 2.45) is 0 Å². The summed E-state index contributed by atoms with van der Waals surface area (Å²) in [5.41, 5.74) is -0.274. The normalized spacial score (nSPS) is 11.2. The molecule has 0 aliphatic carbocycles. The van der Waals surface area contributed by atoms with Gasteiger partial charge in [0.05, 0.1) is 16.6 Å². The lowest BCUT2D eigenvalue weighted by molar-refractivity contribution is -0.385. The van der Waals surface area contributed by atoms with E-state index in [0.717, 1.165) is 12.1 Å². The van der Waals surface area contributed by atoms with Gasteiger partial charge in [-0.1, -0.05) is 11.6 Å². The summed E-state index contributed by atoms with van der Waals surface area (Å²) >= 11 is 5.92. The predicted octanol–water partition coefficient (Wildman–Crippen LogP) is 5.35. The van der Waals surface area contributed by atoms with Crippen LogP contribution in [0.4, 0.5) is 18.9 Å². The lowest BCUT2D eigenvalue weighted by Gasteiger charge is -2.13. The monoisotopic (exact) mass is 421 g/mol. The lowest BCUT2D eigenvalue weighted by atomic mass is 10.2. The molecule has 2 aromatic carbocycles. The molecule has 11 heteroatoms. The van der Waals surface area contributed by atoms with Gasteiger partial charge in [-0.15, -0.1) is 13.2 Å². The van der Waals surface area contributed by atoms with Gasteiger partial charge < -0.3 is 18.9 Å². The first-order chi connectivity index (χ1) is 13.2. The van der Waals surface area contributed by atoms with Gasteiger partial charge in [-0.25, -0.2) is 0 Å². The third kappa shape index (κ3) is 6.46. The van der Waals surface area contributed by atoms with E-state index in [9.17, 15) is 23.3 Å². The molecule has 0 fully saturated rings. The zero-order valence-corrected chi connectivity index (χ0v) is 15.2. The average molecular weight is 422 g/mol. The standard InChI is InChI=1S/C17H15ClF3NO6/c1-2-25-7-8-26-16-10-11(3-5-14(16)22(23)24)27-15-6-4-12(9-13(15)18)28-17(19,20)21/h3-6,9-10H,2,7-8H2,1H3. The number of alkyl halides is 3. The number of halogens is 4. The third-order valence-electron chi connectivity index (χ3n) is 3.18. The van der Waals surface area contributed by atoms with Crippen LogP contribution in [0.3, 0.4) is 0 Å². The molecule has 2 aromatic rings. The topological polar surface area (TPSA) is 80.1 Å². The van der Waals surface area contributed by atoms with Crippen LogP contribution in [0.1, 0.15) is 6.92 Å². The summed E-state index contributed by atoms with van der Waals surface area (Å²) in [6.45, 7) is 2.60. The second kappa shape index (κ2) is 9.47. The maximum atomic E-state index is 12.2. The molecule has 0 aliphatic heterocycles. The zero-order valence-electron chi connectivity index (χ0n) is 14.5. The van der Waals surface area contributed by atoms with Gasteiger partial charge in [0, 0.05) is 24.8 Å². The van der Waals surface area contributed by atoms with Gasteiger partial charge in [0.25, 0.3) is 0 Å². The summed E-state index contributed by atoms with van der Waals surface area (Å²) in [5.74, 6) is -0.377. The molecule has 0 radical (unpaired) electrons. The van der Waals surface area contributed by atoms with Gasteiger partial charge >= 0.3 is 12.0 Å². The second-order valence-corrected chi connectivity index (χ2v) is 5.58. The Bertz CT molecular complexity index is 831. The number of nitro groups is 1. The van der Waals surface area contributed by atoms with Crippen molar-refractivity contribution in [3.05, 3.63) is 51.5 Å². The molecule has 28 heavy (non-hydrogen) atoms. The van der Waals surface area contributed by atoms with E-state index in [-0.39, 0.29) is 41.2 Å². The molecule has 7 nitrogen and oxygen atoms in total. The minimum Gasteiger partial charge on any atom is -0.484 e. The smallest absolute Gasteiger partial charge is 0.484 e. The first-order valence-electron chi connectivity index (χ1n) is 7.91. The summed E-state index contributed by atoms with van der Waals surface area (Å²) in [6, 6.07) is 6.92. The Kier molecular flexibility index (Phi) is 7.30. The fraction of sp³-hybridized carbons (Fsp3) is 0.294. The Morgan fingerprint density at radius 3 is 2.39 bits per heavy atom. The van der Waals surface area contributed by atoms with Gasteiger partial charge in [0.2, 0.25) is 5.75 Å². The quantitative estimate of drug-likeness (QED) is 0.308. The molecule has 0 saturated heterocycles. The fourth-order valence-electron chi connectivity index (χ4n) is 2.07. The van der Waals surface area contributed by atoms with Crippen molar-refractivity contribution < 1.29 is 37.0 Å². The molecule has 0 spiro atoms. The van der Waals surface area contributed by atoms with Gasteiger partial charge in [-0.3, -0.25) is 10.1 Å². The summed E-state index contributed by atoms with van der Waals surface area (Å²) in [5, 5.41) is 11.0. The maximum absolute atomic E-state index is 12.2. The highest BCUT2D eigenvalue weighted by molar-refractivity contribution is 6.32. The molecular formula is C17H15ClF3NO6. The van der Waals surface area contributed by atoms with Gasteiger partial charge in [-0.05, 0) is 25.1 Å². The van der Waals surface area contributed by atoms with Crippen LogP contribution in [0, 0.1) is 10.1 Å². The Hall–Kier alpha value is -2.72. The second-order valence-electron chi connectivity index (χ2n) is 5.17. The molecule has 0 saturated carbocycles. The number of benzene rings is 2. The summed E-state index contributed by atoms with van der Waals surface area (Å²) < 4.78 is 56.5. The first kappa shape index (κ1) is 21.6. The summed E-state index contributed by atoms with van der Waals surface area (Å²) in [7, 11) is 0. The Morgan fingerprint density at radius 1 is 1.07 bits per heavy atom. The summed E-state index contributed by atoms with van der Waals surface area (Å²) in [6.07, 6.45) is -4.85. The van der Waals surface area contributed by atoms with E-state index >= 15 is 0 Å². The van der Waals surface area contributed by atoms with Crippen molar-refractivity contribution in [1.29, 1.82) is 0 Å². The van der Waals surface area contributed by atoms with Gasteiger partial charge in [0.1, 0.15) is 23.9 Å². The lowest BCUT2D eigenvalue weighted by Crippen LogP contribution is -2.17. The number of nitro benzene ring substituents is 1. The number of ether oxygens (including phenoxy) is 4. The third-order valence-corrected chi connectivity index (χ3v) is 3.48. The molecule has 0 bridgehead atoms. The predicted molar refractivity (Wildman–Crippen MR) is 93.3 cm³/mol. The van der Waals surface area contributed by atoms with E-state index in [0.29, 0.717) is 6.61 Å². The van der Waals surface area contributed by atoms with Crippen molar-refractivity contribution in [3.63, 3.8) is 0 Å². The van der Waals surface area contributed by atoms with Crippen LogP contribution in [0.5, 0.6) is 23.0 Å². The number of nitrogens with zero attached hydrogens (tertiary/aromatic N) is 1. The maximum Gasteiger partial charge on any atom is 0.573 e. The minimum atomic E-state index is -4.85. The highest BCUT2D eigenvalue weighted by Crippen LogP contribution is 2.37. The highest BCUT2D eigenvalue weighted by Gasteiger charge is 2.31. The van der Waals surface area contributed by atoms with Crippen LogP contribution in [-0.2, 0) is 4.74 Å². The van der Waals surface area contributed by atoms with Crippen molar-refractivity contribution in [2.45, 2.75) is 13.3 Å². The first-order valence-corrected chi connectivity index (χ1v) is 8.29. The molecule has 0 heterocycles. The Morgan fingerprint density at radius 2 is 1.79 bits per heavy atom. The van der Waals surface area contributed by atoms with Crippen LogP contribution in [-0.4, -0.2) is 31.1 Å². The van der Waals surface area contributed by atoms with E-state index in [1.165, 1.54) is 24.3 Å². The van der Waals surface area contributed by atoms with E-state index in [1.54, 1.807) is 6.92 Å². The van der Waals surface area contributed by atoms with Crippen molar-refractivity contribution in [1.82, 2.24) is 0 Å². The highest BCUT2D eigenvalue weighted by atomic mass is 35.5. The van der Waals surface area contributed by atoms with E-state index in [2.05, 4.69) is 4.74 Å².